The van der Waals surface area contributed by atoms with E-state index in [1.165, 1.54) is 19.1 Å². The van der Waals surface area contributed by atoms with Crippen LogP contribution in [0.4, 0.5) is 0 Å². The second-order valence-electron chi connectivity index (χ2n) is 5.31. The van der Waals surface area contributed by atoms with E-state index >= 15 is 0 Å². The monoisotopic (exact) mass is 301 g/mol. The molecule has 1 aromatic rings. The van der Waals surface area contributed by atoms with Crippen LogP contribution in [-0.2, 0) is 10.0 Å². The van der Waals surface area contributed by atoms with E-state index in [2.05, 4.69) is 4.72 Å². The molecule has 0 bridgehead atoms. The zero-order valence-electron chi connectivity index (χ0n) is 11.7. The summed E-state index contributed by atoms with van der Waals surface area (Å²) in [6, 6.07) is 4.45. The largest absolute Gasteiger partial charge is 0.486 e. The minimum absolute atomic E-state index is 0.0791. The van der Waals surface area contributed by atoms with Gasteiger partial charge in [-0.3, -0.25) is 0 Å². The second kappa shape index (κ2) is 5.23. The Morgan fingerprint density at radius 2 is 1.85 bits per heavy atom. The Morgan fingerprint density at radius 3 is 2.45 bits per heavy atom. The first-order chi connectivity index (χ1) is 9.22. The lowest BCUT2D eigenvalue weighted by molar-refractivity contribution is 0.111. The molecule has 1 heterocycles. The third-order valence-corrected chi connectivity index (χ3v) is 4.94. The Bertz CT molecular complexity index is 595. The third kappa shape index (κ3) is 3.05. The molecule has 0 aromatic heterocycles. The molecule has 112 valence electrons. The molecular weight excluding hydrogens is 282 g/mol. The number of ether oxygens (including phenoxy) is 2. The van der Waals surface area contributed by atoms with Crippen LogP contribution in [0.5, 0.6) is 11.5 Å². The van der Waals surface area contributed by atoms with Gasteiger partial charge in [0.05, 0.1) is 16.5 Å². The highest BCUT2D eigenvalue weighted by Gasteiger charge is 2.31. The summed E-state index contributed by atoms with van der Waals surface area (Å²) in [5.41, 5.74) is -0.966. The molecule has 0 spiro atoms. The SMILES string of the molecule is CC(O)C(C)(C)NS(=O)(=O)c1ccc2c(c1)OCCO2. The minimum Gasteiger partial charge on any atom is -0.486 e. The molecular formula is C13H19NO5S. The Balaban J connectivity index is 2.30. The van der Waals surface area contributed by atoms with Crippen molar-refractivity contribution >= 4 is 10.0 Å². The summed E-state index contributed by atoms with van der Waals surface area (Å²) in [6.07, 6.45) is -0.825. The van der Waals surface area contributed by atoms with Gasteiger partial charge in [-0.2, -0.15) is 0 Å². The molecule has 1 aliphatic heterocycles. The number of sulfonamides is 1. The summed E-state index contributed by atoms with van der Waals surface area (Å²) in [5, 5.41) is 9.61. The van der Waals surface area contributed by atoms with Crippen molar-refractivity contribution in [1.82, 2.24) is 4.72 Å². The summed E-state index contributed by atoms with van der Waals surface area (Å²) in [6.45, 7) is 5.61. The van der Waals surface area contributed by atoms with E-state index in [9.17, 15) is 13.5 Å². The number of rotatable bonds is 4. The number of aliphatic hydroxyl groups is 1. The van der Waals surface area contributed by atoms with E-state index in [0.29, 0.717) is 24.7 Å². The molecule has 0 saturated heterocycles. The van der Waals surface area contributed by atoms with Crippen molar-refractivity contribution < 1.29 is 23.0 Å². The zero-order valence-corrected chi connectivity index (χ0v) is 12.5. The fourth-order valence-electron chi connectivity index (χ4n) is 1.68. The number of aliphatic hydroxyl groups excluding tert-OH is 1. The fraction of sp³-hybridized carbons (Fsp3) is 0.538. The normalized spacial score (nSPS) is 16.8. The van der Waals surface area contributed by atoms with Crippen LogP contribution in [0.25, 0.3) is 0 Å². The Kier molecular flexibility index (Phi) is 3.95. The van der Waals surface area contributed by atoms with E-state index in [-0.39, 0.29) is 4.90 Å². The topological polar surface area (TPSA) is 84.9 Å². The molecule has 0 aliphatic carbocycles. The molecule has 1 aromatic carbocycles. The number of fused-ring (bicyclic) bond motifs is 1. The highest BCUT2D eigenvalue weighted by Crippen LogP contribution is 2.32. The smallest absolute Gasteiger partial charge is 0.241 e. The van der Waals surface area contributed by atoms with Gasteiger partial charge in [0.2, 0.25) is 10.0 Å². The molecule has 2 N–H and O–H groups in total. The van der Waals surface area contributed by atoms with Crippen LogP contribution in [-0.4, -0.2) is 38.4 Å². The molecule has 1 atom stereocenters. The molecule has 2 rings (SSSR count). The summed E-state index contributed by atoms with van der Waals surface area (Å²) in [5.74, 6) is 0.943. The van der Waals surface area contributed by atoms with Crippen LogP contribution in [0.15, 0.2) is 23.1 Å². The first-order valence-corrected chi connectivity index (χ1v) is 7.82. The lowest BCUT2D eigenvalue weighted by Gasteiger charge is -2.29. The van der Waals surface area contributed by atoms with Crippen molar-refractivity contribution in [2.45, 2.75) is 37.3 Å². The molecule has 1 unspecified atom stereocenters. The summed E-state index contributed by atoms with van der Waals surface area (Å²) < 4.78 is 37.8. The van der Waals surface area contributed by atoms with Gasteiger partial charge in [0.15, 0.2) is 11.5 Å². The first kappa shape index (κ1) is 15.1. The average molecular weight is 301 g/mol. The van der Waals surface area contributed by atoms with Gasteiger partial charge in [0.1, 0.15) is 13.2 Å². The van der Waals surface area contributed by atoms with Crippen molar-refractivity contribution in [2.24, 2.45) is 0 Å². The van der Waals surface area contributed by atoms with Crippen LogP contribution >= 0.6 is 0 Å². The summed E-state index contributed by atoms with van der Waals surface area (Å²) in [4.78, 5) is 0.0791. The number of benzene rings is 1. The highest BCUT2D eigenvalue weighted by atomic mass is 32.2. The molecule has 0 radical (unpaired) electrons. The Morgan fingerprint density at radius 1 is 1.25 bits per heavy atom. The van der Waals surface area contributed by atoms with Gasteiger partial charge in [-0.05, 0) is 32.9 Å². The van der Waals surface area contributed by atoms with E-state index in [4.69, 9.17) is 9.47 Å². The Labute approximate surface area is 118 Å². The van der Waals surface area contributed by atoms with Gasteiger partial charge in [-0.25, -0.2) is 13.1 Å². The summed E-state index contributed by atoms with van der Waals surface area (Å²) in [7, 11) is -3.74. The van der Waals surface area contributed by atoms with Crippen LogP contribution in [0.2, 0.25) is 0 Å². The van der Waals surface area contributed by atoms with E-state index < -0.39 is 21.7 Å². The maximum absolute atomic E-state index is 12.3. The molecule has 0 fully saturated rings. The molecule has 0 saturated carbocycles. The predicted octanol–water partition coefficient (Wildman–Crippen LogP) is 0.895. The zero-order chi connectivity index (χ0) is 15.0. The Hall–Kier alpha value is -1.31. The van der Waals surface area contributed by atoms with Crippen LogP contribution < -0.4 is 14.2 Å². The van der Waals surface area contributed by atoms with Crippen molar-refractivity contribution in [1.29, 1.82) is 0 Å². The molecule has 1 aliphatic rings. The maximum Gasteiger partial charge on any atom is 0.241 e. The summed E-state index contributed by atoms with van der Waals surface area (Å²) >= 11 is 0. The number of nitrogens with one attached hydrogen (secondary N) is 1. The van der Waals surface area contributed by atoms with Gasteiger partial charge < -0.3 is 14.6 Å². The first-order valence-electron chi connectivity index (χ1n) is 6.34. The maximum atomic E-state index is 12.3. The quantitative estimate of drug-likeness (QED) is 0.863. The number of hydrogen-bond donors (Lipinski definition) is 2. The van der Waals surface area contributed by atoms with E-state index in [1.54, 1.807) is 19.9 Å². The van der Waals surface area contributed by atoms with Crippen molar-refractivity contribution in [3.8, 4) is 11.5 Å². The molecule has 7 heteroatoms. The molecule has 20 heavy (non-hydrogen) atoms. The number of hydrogen-bond acceptors (Lipinski definition) is 5. The van der Waals surface area contributed by atoms with Crippen LogP contribution in [0.1, 0.15) is 20.8 Å². The van der Waals surface area contributed by atoms with Gasteiger partial charge in [-0.1, -0.05) is 0 Å². The van der Waals surface area contributed by atoms with E-state index in [1.807, 2.05) is 0 Å². The van der Waals surface area contributed by atoms with Crippen LogP contribution in [0, 0.1) is 0 Å². The van der Waals surface area contributed by atoms with Gasteiger partial charge in [0.25, 0.3) is 0 Å². The lowest BCUT2D eigenvalue weighted by atomic mass is 10.0. The second-order valence-corrected chi connectivity index (χ2v) is 6.99. The fourth-order valence-corrected chi connectivity index (χ4v) is 3.17. The van der Waals surface area contributed by atoms with Crippen LogP contribution in [0.3, 0.4) is 0 Å². The molecule has 6 nitrogen and oxygen atoms in total. The minimum atomic E-state index is -3.74. The standard InChI is InChI=1S/C13H19NO5S/c1-9(15)13(2,3)14-20(16,17)10-4-5-11-12(8-10)19-7-6-18-11/h4-5,8-9,14-15H,6-7H2,1-3H3. The van der Waals surface area contributed by atoms with Gasteiger partial charge in [0, 0.05) is 6.07 Å². The van der Waals surface area contributed by atoms with E-state index in [0.717, 1.165) is 0 Å². The predicted molar refractivity (Wildman–Crippen MR) is 73.5 cm³/mol. The lowest BCUT2D eigenvalue weighted by Crippen LogP contribution is -2.50. The highest BCUT2D eigenvalue weighted by molar-refractivity contribution is 7.89. The third-order valence-electron chi connectivity index (χ3n) is 3.27. The van der Waals surface area contributed by atoms with Crippen molar-refractivity contribution in [3.05, 3.63) is 18.2 Å². The van der Waals surface area contributed by atoms with Gasteiger partial charge >= 0.3 is 0 Å². The average Bonchev–Trinajstić information content (AvgIpc) is 2.36. The van der Waals surface area contributed by atoms with Crippen molar-refractivity contribution in [2.75, 3.05) is 13.2 Å². The molecule has 0 amide bonds. The van der Waals surface area contributed by atoms with Gasteiger partial charge in [-0.15, -0.1) is 0 Å². The van der Waals surface area contributed by atoms with Crippen molar-refractivity contribution in [3.63, 3.8) is 0 Å².